The highest BCUT2D eigenvalue weighted by atomic mass is 15.1. The summed E-state index contributed by atoms with van der Waals surface area (Å²) in [5.74, 6) is 0. The molecule has 30 heavy (non-hydrogen) atoms. The number of aryl methyl sites for hydroxylation is 1. The summed E-state index contributed by atoms with van der Waals surface area (Å²) in [5, 5.41) is 2.74. The molecule has 1 aliphatic rings. The van der Waals surface area contributed by atoms with Crippen LogP contribution in [0.1, 0.15) is 48.6 Å². The highest BCUT2D eigenvalue weighted by Gasteiger charge is 2.48. The molecule has 0 saturated carbocycles. The maximum absolute atomic E-state index is 8.31. The van der Waals surface area contributed by atoms with Crippen LogP contribution in [0.5, 0.6) is 0 Å². The van der Waals surface area contributed by atoms with Crippen LogP contribution >= 0.6 is 0 Å². The summed E-state index contributed by atoms with van der Waals surface area (Å²) in [6, 6.07) is 22.3. The fourth-order valence-corrected chi connectivity index (χ4v) is 5.32. The monoisotopic (exact) mass is 393 g/mol. The van der Waals surface area contributed by atoms with E-state index in [0.717, 1.165) is 49.8 Å². The summed E-state index contributed by atoms with van der Waals surface area (Å²) in [5.41, 5.74) is 6.12. The molecular formula is C28H26N2. The van der Waals surface area contributed by atoms with Gasteiger partial charge in [-0.2, -0.15) is 0 Å². The first-order valence-electron chi connectivity index (χ1n) is 12.0. The van der Waals surface area contributed by atoms with E-state index >= 15 is 0 Å². The number of hydrogen-bond acceptors (Lipinski definition) is 1. The van der Waals surface area contributed by atoms with Gasteiger partial charge in [-0.25, -0.2) is 4.98 Å². The van der Waals surface area contributed by atoms with E-state index in [4.69, 9.17) is 9.10 Å². The molecule has 3 heterocycles. The van der Waals surface area contributed by atoms with E-state index in [0.29, 0.717) is 5.56 Å². The minimum Gasteiger partial charge on any atom is -0.295 e. The normalized spacial score (nSPS) is 18.6. The summed E-state index contributed by atoms with van der Waals surface area (Å²) in [6.45, 7) is 6.89. The van der Waals surface area contributed by atoms with Gasteiger partial charge in [0.2, 0.25) is 0 Å². The third kappa shape index (κ3) is 1.92. The van der Waals surface area contributed by atoms with Gasteiger partial charge in [-0.1, -0.05) is 94.4 Å². The summed E-state index contributed by atoms with van der Waals surface area (Å²) in [7, 11) is 0. The number of pyridine rings is 1. The van der Waals surface area contributed by atoms with Crippen molar-refractivity contribution in [2.75, 3.05) is 0 Å². The second-order valence-corrected chi connectivity index (χ2v) is 9.51. The smallest absolute Gasteiger partial charge is 0.146 e. The van der Waals surface area contributed by atoms with Gasteiger partial charge in [-0.3, -0.25) is 4.40 Å². The molecule has 0 radical (unpaired) electrons. The molecule has 2 nitrogen and oxygen atoms in total. The van der Waals surface area contributed by atoms with Gasteiger partial charge in [0.05, 0.1) is 16.9 Å². The van der Waals surface area contributed by atoms with Crippen LogP contribution in [0.25, 0.3) is 38.6 Å². The third-order valence-electron chi connectivity index (χ3n) is 7.59. The molecule has 0 atom stereocenters. The molecule has 6 rings (SSSR count). The summed E-state index contributed by atoms with van der Waals surface area (Å²) >= 11 is 0. The van der Waals surface area contributed by atoms with Crippen LogP contribution in [0.2, 0.25) is 0 Å². The Morgan fingerprint density at radius 2 is 1.50 bits per heavy atom. The van der Waals surface area contributed by atoms with Crippen molar-refractivity contribution in [1.29, 1.82) is 0 Å². The highest BCUT2D eigenvalue weighted by molar-refractivity contribution is 6.14. The molecule has 1 aliphatic heterocycles. The number of rotatable bonds is 1. The topological polar surface area (TPSA) is 17.3 Å². The van der Waals surface area contributed by atoms with E-state index in [1.54, 1.807) is 0 Å². The molecule has 0 saturated heterocycles. The zero-order chi connectivity index (χ0) is 23.3. The Morgan fingerprint density at radius 3 is 2.23 bits per heavy atom. The van der Waals surface area contributed by atoms with Gasteiger partial charge in [0.25, 0.3) is 0 Å². The Kier molecular flexibility index (Phi) is 2.72. The number of imidazole rings is 1. The van der Waals surface area contributed by atoms with Crippen LogP contribution in [0.4, 0.5) is 0 Å². The lowest BCUT2D eigenvalue weighted by Gasteiger charge is -2.46. The van der Waals surface area contributed by atoms with Gasteiger partial charge in [-0.15, -0.1) is 0 Å². The molecule has 0 spiro atoms. The van der Waals surface area contributed by atoms with Crippen molar-refractivity contribution in [2.45, 2.75) is 45.4 Å². The number of fused-ring (bicyclic) bond motifs is 3. The predicted molar refractivity (Wildman–Crippen MR) is 126 cm³/mol. The largest absolute Gasteiger partial charge is 0.295 e. The van der Waals surface area contributed by atoms with Crippen LogP contribution < -0.4 is 0 Å². The molecule has 148 valence electrons. The van der Waals surface area contributed by atoms with E-state index in [1.807, 2.05) is 48.5 Å². The zero-order valence-electron chi connectivity index (χ0n) is 20.7. The highest BCUT2D eigenvalue weighted by Crippen LogP contribution is 2.53. The number of hydrogen-bond donors (Lipinski definition) is 0. The van der Waals surface area contributed by atoms with Crippen molar-refractivity contribution >= 4 is 27.3 Å². The van der Waals surface area contributed by atoms with Crippen LogP contribution in [-0.4, -0.2) is 9.38 Å². The maximum atomic E-state index is 8.31. The van der Waals surface area contributed by atoms with Gasteiger partial charge in [-0.05, 0) is 23.4 Å². The molecule has 0 amide bonds. The minimum atomic E-state index is -2.21. The van der Waals surface area contributed by atoms with Gasteiger partial charge in [0.15, 0.2) is 0 Å². The fourth-order valence-electron chi connectivity index (χ4n) is 5.32. The molecule has 5 aromatic rings. The van der Waals surface area contributed by atoms with Gasteiger partial charge in [0.1, 0.15) is 5.65 Å². The van der Waals surface area contributed by atoms with Crippen molar-refractivity contribution in [3.05, 3.63) is 83.6 Å². The maximum Gasteiger partial charge on any atom is 0.146 e. The van der Waals surface area contributed by atoms with Crippen LogP contribution in [0.3, 0.4) is 0 Å². The van der Waals surface area contributed by atoms with E-state index in [1.165, 1.54) is 0 Å². The van der Waals surface area contributed by atoms with Crippen LogP contribution in [-0.2, 0) is 10.8 Å². The standard InChI is InChI=1S/C28H26N2/c1-17-15-16-21-24-22(17)19-13-9-10-14-20(19)26-29-23(18-11-7-6-8-12-18)25(30(24)26)28(4,5)27(21,2)3/h6-16H,1-5H3/i1D3. The van der Waals surface area contributed by atoms with Gasteiger partial charge < -0.3 is 0 Å². The molecule has 3 aromatic carbocycles. The van der Waals surface area contributed by atoms with Crippen LogP contribution in [0, 0.1) is 6.85 Å². The van der Waals surface area contributed by atoms with E-state index < -0.39 is 6.85 Å². The third-order valence-corrected chi connectivity index (χ3v) is 7.59. The van der Waals surface area contributed by atoms with Gasteiger partial charge in [0, 0.05) is 31.3 Å². The first-order valence-corrected chi connectivity index (χ1v) is 10.5. The second-order valence-electron chi connectivity index (χ2n) is 9.51. The summed E-state index contributed by atoms with van der Waals surface area (Å²) in [4.78, 5) is 5.24. The average molecular weight is 394 g/mol. The van der Waals surface area contributed by atoms with Gasteiger partial charge >= 0.3 is 0 Å². The molecule has 0 aliphatic carbocycles. The van der Waals surface area contributed by atoms with Crippen molar-refractivity contribution in [1.82, 2.24) is 9.38 Å². The van der Waals surface area contributed by atoms with E-state index in [2.05, 4.69) is 50.3 Å². The molecule has 2 aromatic heterocycles. The lowest BCUT2D eigenvalue weighted by Crippen LogP contribution is -2.44. The molecule has 0 unspecified atom stereocenters. The van der Waals surface area contributed by atoms with E-state index in [9.17, 15) is 0 Å². The number of aromatic nitrogens is 2. The zero-order valence-corrected chi connectivity index (χ0v) is 17.7. The Hall–Kier alpha value is -3.13. The quantitative estimate of drug-likeness (QED) is 0.276. The average Bonchev–Trinajstić information content (AvgIpc) is 3.19. The first-order chi connectivity index (χ1) is 15.5. The molecule has 0 bridgehead atoms. The van der Waals surface area contributed by atoms with Crippen molar-refractivity contribution in [2.24, 2.45) is 0 Å². The SMILES string of the molecule is [2H]C([2H])([2H])c1ccc2c3c1c1ccccc1c1nc(-c4ccccc4)c(n13)C(C)(C)C2(C)C. The van der Waals surface area contributed by atoms with Crippen molar-refractivity contribution in [3.63, 3.8) is 0 Å². The predicted octanol–water partition coefficient (Wildman–Crippen LogP) is 7.18. The fraction of sp³-hybridized carbons (Fsp3) is 0.250. The Bertz CT molecular complexity index is 1590. The summed E-state index contributed by atoms with van der Waals surface area (Å²) < 4.78 is 27.2. The Morgan fingerprint density at radius 1 is 0.800 bits per heavy atom. The molecule has 0 N–H and O–H groups in total. The first kappa shape index (κ1) is 14.8. The minimum absolute atomic E-state index is 0.243. The lowest BCUT2D eigenvalue weighted by atomic mass is 9.60. The number of benzene rings is 3. The Labute approximate surface area is 181 Å². The molecule has 0 fully saturated rings. The van der Waals surface area contributed by atoms with Crippen LogP contribution in [0.15, 0.2) is 66.7 Å². The number of nitrogens with zero attached hydrogens (tertiary/aromatic N) is 2. The Balaban J connectivity index is 1.98. The summed E-state index contributed by atoms with van der Waals surface area (Å²) in [6.07, 6.45) is 0. The van der Waals surface area contributed by atoms with Crippen molar-refractivity contribution < 1.29 is 4.11 Å². The molecule has 2 heteroatoms. The molecular weight excluding hydrogens is 364 g/mol. The second kappa shape index (κ2) is 5.51. The lowest BCUT2D eigenvalue weighted by molar-refractivity contribution is 0.289. The van der Waals surface area contributed by atoms with Crippen molar-refractivity contribution in [3.8, 4) is 11.3 Å². The van der Waals surface area contributed by atoms with E-state index in [-0.39, 0.29) is 10.8 Å².